The van der Waals surface area contributed by atoms with Crippen molar-refractivity contribution in [2.24, 2.45) is 5.73 Å². The Kier molecular flexibility index (Phi) is 16.0. The zero-order valence-electron chi connectivity index (χ0n) is 24.0. The van der Waals surface area contributed by atoms with E-state index in [1.165, 1.54) is 51.4 Å². The van der Waals surface area contributed by atoms with Crippen LogP contribution in [0.5, 0.6) is 0 Å². The predicted octanol–water partition coefficient (Wildman–Crippen LogP) is 6.87. The number of carbonyl (C=O) groups excluding carboxylic acids is 1. The average molecular weight is 537 g/mol. The summed E-state index contributed by atoms with van der Waals surface area (Å²) in [4.78, 5) is 10.0. The summed E-state index contributed by atoms with van der Waals surface area (Å²) in [5, 5.41) is 0.227. The summed E-state index contributed by atoms with van der Waals surface area (Å²) in [7, 11) is -4.53. The standard InChI is InChI=1S/C21H45NO3SSi.C5H11NO2/c1-21(2,3)27(4,5)25-19-15-13-11-9-7-6-8-10-12-14-18-22-26(23,24)20-16-17-20;1-5(2,3)8-4(6)7/h20,22H,6-19H2,1-5H3;1-3H3,(H2,6,7). The van der Waals surface area contributed by atoms with Crippen LogP contribution in [0.1, 0.15) is 119 Å². The molecule has 1 amide bonds. The molecule has 1 saturated carbocycles. The summed E-state index contributed by atoms with van der Waals surface area (Å²) in [5.74, 6) is 0. The van der Waals surface area contributed by atoms with Gasteiger partial charge in [0.25, 0.3) is 0 Å². The number of hydrogen-bond donors (Lipinski definition) is 2. The van der Waals surface area contributed by atoms with Gasteiger partial charge in [0.1, 0.15) is 5.60 Å². The molecular weight excluding hydrogens is 480 g/mol. The highest BCUT2D eigenvalue weighted by Gasteiger charge is 2.37. The van der Waals surface area contributed by atoms with Gasteiger partial charge in [-0.2, -0.15) is 0 Å². The Morgan fingerprint density at radius 2 is 1.29 bits per heavy atom. The van der Waals surface area contributed by atoms with Crippen molar-refractivity contribution < 1.29 is 22.4 Å². The highest BCUT2D eigenvalue weighted by molar-refractivity contribution is 7.90. The van der Waals surface area contributed by atoms with E-state index in [1.807, 2.05) is 0 Å². The lowest BCUT2D eigenvalue weighted by molar-refractivity contribution is 0.0600. The molecule has 1 fully saturated rings. The second-order valence-electron chi connectivity index (χ2n) is 12.3. The molecule has 0 aliphatic heterocycles. The molecule has 7 nitrogen and oxygen atoms in total. The molecule has 1 rings (SSSR count). The fraction of sp³-hybridized carbons (Fsp3) is 0.962. The number of unbranched alkanes of at least 4 members (excludes halogenated alkanes) is 9. The fourth-order valence-corrected chi connectivity index (χ4v) is 5.71. The van der Waals surface area contributed by atoms with Crippen LogP contribution in [0.25, 0.3) is 0 Å². The monoisotopic (exact) mass is 536 g/mol. The van der Waals surface area contributed by atoms with Crippen LogP contribution < -0.4 is 10.5 Å². The van der Waals surface area contributed by atoms with E-state index in [0.29, 0.717) is 11.6 Å². The van der Waals surface area contributed by atoms with Gasteiger partial charge in [-0.3, -0.25) is 0 Å². The number of carbonyl (C=O) groups is 1. The quantitative estimate of drug-likeness (QED) is 0.165. The number of ether oxygens (including phenoxy) is 1. The topological polar surface area (TPSA) is 108 Å². The molecule has 0 spiro atoms. The summed E-state index contributed by atoms with van der Waals surface area (Å²) in [6.07, 6.45) is 13.4. The van der Waals surface area contributed by atoms with Crippen molar-refractivity contribution in [3.8, 4) is 0 Å². The van der Waals surface area contributed by atoms with Crippen molar-refractivity contribution in [1.82, 2.24) is 4.72 Å². The van der Waals surface area contributed by atoms with Crippen LogP contribution in [0, 0.1) is 0 Å². The van der Waals surface area contributed by atoms with Crippen LogP contribution >= 0.6 is 0 Å². The molecule has 35 heavy (non-hydrogen) atoms. The largest absolute Gasteiger partial charge is 0.444 e. The molecule has 0 bridgehead atoms. The smallest absolute Gasteiger partial charge is 0.405 e. The van der Waals surface area contributed by atoms with Gasteiger partial charge in [0, 0.05) is 13.2 Å². The number of amides is 1. The van der Waals surface area contributed by atoms with Crippen LogP contribution in [-0.4, -0.2) is 46.8 Å². The molecule has 210 valence electrons. The van der Waals surface area contributed by atoms with Crippen molar-refractivity contribution in [3.63, 3.8) is 0 Å². The third-order valence-electron chi connectivity index (χ3n) is 6.51. The number of rotatable bonds is 16. The second-order valence-corrected chi connectivity index (χ2v) is 19.2. The van der Waals surface area contributed by atoms with E-state index >= 15 is 0 Å². The fourth-order valence-electron chi connectivity index (χ4n) is 3.20. The molecule has 0 aromatic heterocycles. The maximum Gasteiger partial charge on any atom is 0.405 e. The second kappa shape index (κ2) is 16.3. The molecule has 0 saturated heterocycles. The van der Waals surface area contributed by atoms with Gasteiger partial charge in [0.2, 0.25) is 10.0 Å². The van der Waals surface area contributed by atoms with Crippen molar-refractivity contribution in [2.45, 2.75) is 148 Å². The highest BCUT2D eigenvalue weighted by atomic mass is 32.2. The minimum absolute atomic E-state index is 0.0869. The van der Waals surface area contributed by atoms with Crippen LogP contribution in [0.3, 0.4) is 0 Å². The van der Waals surface area contributed by atoms with E-state index < -0.39 is 30.0 Å². The number of nitrogens with two attached hydrogens (primary N) is 1. The molecule has 1 aliphatic rings. The summed E-state index contributed by atoms with van der Waals surface area (Å²) < 4.78 is 36.9. The first kappa shape index (κ1) is 34.4. The molecule has 0 heterocycles. The third kappa shape index (κ3) is 19.2. The Bertz CT molecular complexity index is 681. The third-order valence-corrected chi connectivity index (χ3v) is 13.0. The van der Waals surface area contributed by atoms with E-state index in [2.05, 4.69) is 43.3 Å². The van der Waals surface area contributed by atoms with Crippen LogP contribution in [0.2, 0.25) is 18.1 Å². The zero-order chi connectivity index (χ0) is 27.2. The van der Waals surface area contributed by atoms with Gasteiger partial charge in [0.05, 0.1) is 5.25 Å². The van der Waals surface area contributed by atoms with Crippen LogP contribution in [-0.2, 0) is 19.2 Å². The number of hydrogen-bond acceptors (Lipinski definition) is 5. The molecule has 3 N–H and O–H groups in total. The van der Waals surface area contributed by atoms with Crippen LogP contribution in [0.15, 0.2) is 0 Å². The van der Waals surface area contributed by atoms with Crippen LogP contribution in [0.4, 0.5) is 4.79 Å². The first-order valence-electron chi connectivity index (χ1n) is 13.6. The normalized spacial score (nSPS) is 14.9. The van der Waals surface area contributed by atoms with Gasteiger partial charge in [-0.05, 0) is 64.6 Å². The first-order valence-corrected chi connectivity index (χ1v) is 18.0. The summed E-state index contributed by atoms with van der Waals surface area (Å²) in [5.41, 5.74) is 4.26. The molecule has 1 aliphatic carbocycles. The van der Waals surface area contributed by atoms with E-state index in [0.717, 1.165) is 32.3 Å². The highest BCUT2D eigenvalue weighted by Crippen LogP contribution is 2.36. The summed E-state index contributed by atoms with van der Waals surface area (Å²) >= 11 is 0. The molecule has 0 aromatic rings. The first-order chi connectivity index (χ1) is 16.0. The number of nitrogens with one attached hydrogen (secondary N) is 1. The molecule has 0 radical (unpaired) electrons. The van der Waals surface area contributed by atoms with Gasteiger partial charge in [-0.25, -0.2) is 17.9 Å². The zero-order valence-corrected chi connectivity index (χ0v) is 25.8. The molecular formula is C26H56N2O5SSi. The lowest BCUT2D eigenvalue weighted by Crippen LogP contribution is -2.40. The van der Waals surface area contributed by atoms with E-state index in [4.69, 9.17) is 10.2 Å². The minimum atomic E-state index is -2.97. The van der Waals surface area contributed by atoms with Gasteiger partial charge in [0.15, 0.2) is 8.32 Å². The van der Waals surface area contributed by atoms with E-state index in [9.17, 15) is 13.2 Å². The molecule has 0 unspecified atom stereocenters. The lowest BCUT2D eigenvalue weighted by atomic mass is 10.1. The summed E-state index contributed by atoms with van der Waals surface area (Å²) in [6.45, 7) is 18.4. The Balaban J connectivity index is 0.00000124. The SMILES string of the molecule is CC(C)(C)OC(N)=O.CC(C)(C)[Si](C)(C)OCCCCCCCCCCCCNS(=O)(=O)C1CC1. The Hall–Kier alpha value is -0.643. The minimum Gasteiger partial charge on any atom is -0.444 e. The van der Waals surface area contributed by atoms with Gasteiger partial charge in [-0.1, -0.05) is 72.1 Å². The average Bonchev–Trinajstić information content (AvgIpc) is 3.51. The molecule has 0 atom stereocenters. The van der Waals surface area contributed by atoms with Gasteiger partial charge in [-0.15, -0.1) is 0 Å². The van der Waals surface area contributed by atoms with Crippen molar-refractivity contribution in [3.05, 3.63) is 0 Å². The molecule has 9 heteroatoms. The van der Waals surface area contributed by atoms with Crippen molar-refractivity contribution in [1.29, 1.82) is 0 Å². The van der Waals surface area contributed by atoms with Crippen molar-refractivity contribution in [2.75, 3.05) is 13.2 Å². The molecule has 0 aromatic carbocycles. The number of primary amides is 1. The Labute approximate surface area is 217 Å². The van der Waals surface area contributed by atoms with E-state index in [-0.39, 0.29) is 5.25 Å². The van der Waals surface area contributed by atoms with E-state index in [1.54, 1.807) is 20.8 Å². The Morgan fingerprint density at radius 1 is 0.857 bits per heavy atom. The predicted molar refractivity (Wildman–Crippen MR) is 150 cm³/mol. The lowest BCUT2D eigenvalue weighted by Gasteiger charge is -2.36. The Morgan fingerprint density at radius 3 is 1.63 bits per heavy atom. The van der Waals surface area contributed by atoms with Gasteiger partial charge >= 0.3 is 6.09 Å². The maximum atomic E-state index is 11.7. The maximum absolute atomic E-state index is 11.7. The summed E-state index contributed by atoms with van der Waals surface area (Å²) in [6, 6.07) is 0. The van der Waals surface area contributed by atoms with Crippen molar-refractivity contribution >= 4 is 24.4 Å². The number of sulfonamides is 1. The van der Waals surface area contributed by atoms with Gasteiger partial charge < -0.3 is 14.9 Å².